The van der Waals surface area contributed by atoms with Gasteiger partial charge in [-0.3, -0.25) is 0 Å². The van der Waals surface area contributed by atoms with E-state index in [1.807, 2.05) is 0 Å². The topological polar surface area (TPSA) is 61.8 Å². The second-order valence-corrected chi connectivity index (χ2v) is 4.73. The van der Waals surface area contributed by atoms with Crippen LogP contribution in [0.4, 0.5) is 0 Å². The molecule has 23 heavy (non-hydrogen) atoms. The molecular weight excluding hydrogens is 296 g/mol. The summed E-state index contributed by atoms with van der Waals surface area (Å²) in [4.78, 5) is 23.5. The average Bonchev–Trinajstić information content (AvgIpc) is 2.60. The van der Waals surface area contributed by atoms with E-state index in [2.05, 4.69) is 0 Å². The maximum absolute atomic E-state index is 12.0. The minimum absolute atomic E-state index is 0.124. The van der Waals surface area contributed by atoms with Crippen LogP contribution in [0, 0.1) is 0 Å². The van der Waals surface area contributed by atoms with E-state index in [1.54, 1.807) is 55.5 Å². The normalized spacial score (nSPS) is 10.0. The summed E-state index contributed by atoms with van der Waals surface area (Å²) in [5, 5.41) is 0. The van der Waals surface area contributed by atoms with Crippen LogP contribution in [0.3, 0.4) is 0 Å². The van der Waals surface area contributed by atoms with Crippen molar-refractivity contribution in [3.63, 3.8) is 0 Å². The molecule has 0 bridgehead atoms. The van der Waals surface area contributed by atoms with Gasteiger partial charge >= 0.3 is 11.9 Å². The lowest BCUT2D eigenvalue weighted by Gasteiger charge is -2.07. The minimum Gasteiger partial charge on any atom is -0.497 e. The lowest BCUT2D eigenvalue weighted by Crippen LogP contribution is -2.06. The lowest BCUT2D eigenvalue weighted by atomic mass is 10.1. The van der Waals surface area contributed by atoms with Gasteiger partial charge in [-0.1, -0.05) is 18.2 Å². The van der Waals surface area contributed by atoms with E-state index in [-0.39, 0.29) is 12.6 Å². The number of ether oxygens (including phenoxy) is 3. The second kappa shape index (κ2) is 7.98. The fourth-order valence-corrected chi connectivity index (χ4v) is 1.93. The van der Waals surface area contributed by atoms with Crippen molar-refractivity contribution in [1.29, 1.82) is 0 Å². The number of carbonyl (C=O) groups is 2. The third kappa shape index (κ3) is 4.57. The summed E-state index contributed by atoms with van der Waals surface area (Å²) >= 11 is 0. The van der Waals surface area contributed by atoms with Gasteiger partial charge in [0.2, 0.25) is 0 Å². The van der Waals surface area contributed by atoms with E-state index in [0.717, 1.165) is 5.56 Å². The van der Waals surface area contributed by atoms with Gasteiger partial charge < -0.3 is 14.2 Å². The van der Waals surface area contributed by atoms with Crippen molar-refractivity contribution in [2.24, 2.45) is 0 Å². The van der Waals surface area contributed by atoms with Crippen molar-refractivity contribution >= 4 is 11.9 Å². The summed E-state index contributed by atoms with van der Waals surface area (Å²) in [5.74, 6) is -0.205. The summed E-state index contributed by atoms with van der Waals surface area (Å²) in [5.41, 5.74) is 1.68. The molecular formula is C18H18O5. The molecule has 0 aliphatic heterocycles. The molecule has 0 aliphatic carbocycles. The zero-order valence-corrected chi connectivity index (χ0v) is 13.1. The van der Waals surface area contributed by atoms with Gasteiger partial charge in [-0.05, 0) is 42.8 Å². The number of hydrogen-bond donors (Lipinski definition) is 0. The monoisotopic (exact) mass is 314 g/mol. The molecule has 0 aromatic heterocycles. The van der Waals surface area contributed by atoms with Gasteiger partial charge in [-0.15, -0.1) is 0 Å². The Labute approximate surface area is 134 Å². The van der Waals surface area contributed by atoms with Crippen LogP contribution in [0.1, 0.15) is 33.2 Å². The van der Waals surface area contributed by atoms with Gasteiger partial charge in [-0.25, -0.2) is 9.59 Å². The number of hydrogen-bond acceptors (Lipinski definition) is 5. The molecule has 0 spiro atoms. The number of esters is 2. The maximum atomic E-state index is 12.0. The van der Waals surface area contributed by atoms with Crippen LogP contribution in [0.25, 0.3) is 0 Å². The van der Waals surface area contributed by atoms with Gasteiger partial charge in [0.15, 0.2) is 0 Å². The van der Waals surface area contributed by atoms with Crippen molar-refractivity contribution in [3.05, 3.63) is 65.2 Å². The van der Waals surface area contributed by atoms with Gasteiger partial charge in [0, 0.05) is 0 Å². The van der Waals surface area contributed by atoms with E-state index in [9.17, 15) is 9.59 Å². The zero-order valence-electron chi connectivity index (χ0n) is 13.1. The summed E-state index contributed by atoms with van der Waals surface area (Å²) in [6.45, 7) is 2.21. The van der Waals surface area contributed by atoms with Gasteiger partial charge in [0.25, 0.3) is 0 Å². The Morgan fingerprint density at radius 2 is 1.61 bits per heavy atom. The van der Waals surface area contributed by atoms with E-state index in [0.29, 0.717) is 23.5 Å². The van der Waals surface area contributed by atoms with Crippen LogP contribution in [-0.4, -0.2) is 25.7 Å². The Bertz CT molecular complexity index is 676. The summed E-state index contributed by atoms with van der Waals surface area (Å²) in [6, 6.07) is 13.5. The van der Waals surface area contributed by atoms with E-state index in [4.69, 9.17) is 14.2 Å². The molecule has 0 saturated carbocycles. The van der Waals surface area contributed by atoms with Crippen molar-refractivity contribution in [1.82, 2.24) is 0 Å². The molecule has 0 aliphatic rings. The summed E-state index contributed by atoms with van der Waals surface area (Å²) in [7, 11) is 1.54. The Hall–Kier alpha value is -2.82. The average molecular weight is 314 g/mol. The SMILES string of the molecule is CCOC(=O)c1ccc(COC(=O)c2cccc(OC)c2)cc1. The van der Waals surface area contributed by atoms with Crippen LogP contribution in [0.5, 0.6) is 5.75 Å². The van der Waals surface area contributed by atoms with Gasteiger partial charge in [0.05, 0.1) is 24.8 Å². The quantitative estimate of drug-likeness (QED) is 0.766. The molecule has 0 heterocycles. The first-order valence-corrected chi connectivity index (χ1v) is 7.21. The second-order valence-electron chi connectivity index (χ2n) is 4.73. The van der Waals surface area contributed by atoms with E-state index >= 15 is 0 Å². The Kier molecular flexibility index (Phi) is 5.74. The first-order chi connectivity index (χ1) is 11.1. The molecule has 2 aromatic carbocycles. The molecule has 5 heteroatoms. The molecule has 0 saturated heterocycles. The number of methoxy groups -OCH3 is 1. The molecule has 120 valence electrons. The highest BCUT2D eigenvalue weighted by Crippen LogP contribution is 2.14. The fourth-order valence-electron chi connectivity index (χ4n) is 1.93. The Balaban J connectivity index is 1.95. The largest absolute Gasteiger partial charge is 0.497 e. The van der Waals surface area contributed by atoms with Crippen LogP contribution in [-0.2, 0) is 16.1 Å². The zero-order chi connectivity index (χ0) is 16.7. The van der Waals surface area contributed by atoms with E-state index < -0.39 is 5.97 Å². The highest BCUT2D eigenvalue weighted by molar-refractivity contribution is 5.90. The van der Waals surface area contributed by atoms with Crippen molar-refractivity contribution in [3.8, 4) is 5.75 Å². The maximum Gasteiger partial charge on any atom is 0.338 e. The van der Waals surface area contributed by atoms with Gasteiger partial charge in [-0.2, -0.15) is 0 Å². The molecule has 0 unspecified atom stereocenters. The summed E-state index contributed by atoms with van der Waals surface area (Å²) in [6.07, 6.45) is 0. The third-order valence-corrected chi connectivity index (χ3v) is 3.14. The predicted molar refractivity (Wildman–Crippen MR) is 84.5 cm³/mol. The number of benzene rings is 2. The fraction of sp³-hybridized carbons (Fsp3) is 0.222. The van der Waals surface area contributed by atoms with Crippen LogP contribution in [0.2, 0.25) is 0 Å². The Morgan fingerprint density at radius 3 is 2.26 bits per heavy atom. The third-order valence-electron chi connectivity index (χ3n) is 3.14. The van der Waals surface area contributed by atoms with Crippen molar-refractivity contribution in [2.75, 3.05) is 13.7 Å². The standard InChI is InChI=1S/C18H18O5/c1-3-22-17(19)14-9-7-13(8-10-14)12-23-18(20)15-5-4-6-16(11-15)21-2/h4-11H,3,12H2,1-2H3. The molecule has 0 fully saturated rings. The number of rotatable bonds is 6. The summed E-state index contributed by atoms with van der Waals surface area (Å²) < 4.78 is 15.2. The Morgan fingerprint density at radius 1 is 0.913 bits per heavy atom. The predicted octanol–water partition coefficient (Wildman–Crippen LogP) is 3.23. The lowest BCUT2D eigenvalue weighted by molar-refractivity contribution is 0.0469. The van der Waals surface area contributed by atoms with Crippen LogP contribution < -0.4 is 4.74 Å². The first-order valence-electron chi connectivity index (χ1n) is 7.21. The molecule has 0 atom stereocenters. The van der Waals surface area contributed by atoms with Crippen molar-refractivity contribution < 1.29 is 23.8 Å². The molecule has 5 nitrogen and oxygen atoms in total. The van der Waals surface area contributed by atoms with Crippen LogP contribution >= 0.6 is 0 Å². The van der Waals surface area contributed by atoms with Gasteiger partial charge in [0.1, 0.15) is 12.4 Å². The van der Waals surface area contributed by atoms with Crippen LogP contribution in [0.15, 0.2) is 48.5 Å². The highest BCUT2D eigenvalue weighted by Gasteiger charge is 2.09. The number of carbonyl (C=O) groups excluding carboxylic acids is 2. The minimum atomic E-state index is -0.432. The molecule has 2 rings (SSSR count). The van der Waals surface area contributed by atoms with Crippen molar-refractivity contribution in [2.45, 2.75) is 13.5 Å². The van der Waals surface area contributed by atoms with E-state index in [1.165, 1.54) is 7.11 Å². The first kappa shape index (κ1) is 16.5. The molecule has 2 aromatic rings. The highest BCUT2D eigenvalue weighted by atomic mass is 16.5. The molecule has 0 N–H and O–H groups in total. The smallest absolute Gasteiger partial charge is 0.338 e. The molecule has 0 amide bonds. The molecule has 0 radical (unpaired) electrons.